The van der Waals surface area contributed by atoms with E-state index in [0.717, 1.165) is 26.2 Å². The van der Waals surface area contributed by atoms with Crippen molar-refractivity contribution in [3.63, 3.8) is 0 Å². The predicted molar refractivity (Wildman–Crippen MR) is 88.9 cm³/mol. The highest BCUT2D eigenvalue weighted by Crippen LogP contribution is 2.17. The zero-order valence-electron chi connectivity index (χ0n) is 12.8. The molecule has 0 aliphatic carbocycles. The van der Waals surface area contributed by atoms with E-state index in [-0.39, 0.29) is 10.8 Å². The summed E-state index contributed by atoms with van der Waals surface area (Å²) in [5.41, 5.74) is 6.58. The van der Waals surface area contributed by atoms with Gasteiger partial charge in [0.15, 0.2) is 0 Å². The Balaban J connectivity index is 1.98. The highest BCUT2D eigenvalue weighted by molar-refractivity contribution is 7.80. The van der Waals surface area contributed by atoms with Crippen LogP contribution in [0.25, 0.3) is 0 Å². The normalized spacial score (nSPS) is 18.6. The van der Waals surface area contributed by atoms with Gasteiger partial charge in [-0.05, 0) is 19.4 Å². The van der Waals surface area contributed by atoms with Crippen LogP contribution in [0.3, 0.4) is 0 Å². The lowest BCUT2D eigenvalue weighted by atomic mass is 10.1. The van der Waals surface area contributed by atoms with Crippen molar-refractivity contribution in [3.8, 4) is 0 Å². The number of rotatable bonds is 5. The van der Waals surface area contributed by atoms with Crippen molar-refractivity contribution in [2.75, 3.05) is 26.2 Å². The first-order valence-electron chi connectivity index (χ1n) is 7.56. The summed E-state index contributed by atoms with van der Waals surface area (Å²) in [6.07, 6.45) is 1.17. The summed E-state index contributed by atoms with van der Waals surface area (Å²) in [7, 11) is 0. The molecule has 1 heterocycles. The number of benzene rings is 1. The van der Waals surface area contributed by atoms with Crippen LogP contribution in [0.15, 0.2) is 18.2 Å². The third-order valence-corrected chi connectivity index (χ3v) is 4.58. The molecule has 2 rings (SSSR count). The van der Waals surface area contributed by atoms with Crippen molar-refractivity contribution in [1.82, 2.24) is 9.80 Å². The number of nitrogens with zero attached hydrogens (tertiary/aromatic N) is 2. The van der Waals surface area contributed by atoms with Gasteiger partial charge in [-0.1, -0.05) is 31.3 Å². The maximum Gasteiger partial charge on any atom is 0.137 e. The second kappa shape index (κ2) is 7.29. The molecule has 1 aliphatic heterocycles. The van der Waals surface area contributed by atoms with Gasteiger partial charge in [-0.2, -0.15) is 0 Å². The zero-order chi connectivity index (χ0) is 15.4. The second-order valence-electron chi connectivity index (χ2n) is 5.71. The van der Waals surface area contributed by atoms with Gasteiger partial charge in [0.05, 0.1) is 0 Å². The molecule has 0 amide bonds. The molecular weight excluding hydrogens is 285 g/mol. The van der Waals surface area contributed by atoms with E-state index in [1.807, 2.05) is 12.1 Å². The molecule has 1 aliphatic rings. The first kappa shape index (κ1) is 16.3. The van der Waals surface area contributed by atoms with Gasteiger partial charge in [0, 0.05) is 49.9 Å². The Kier molecular flexibility index (Phi) is 5.67. The summed E-state index contributed by atoms with van der Waals surface area (Å²) in [6, 6.07) is 5.91. The number of hydrogen-bond donors (Lipinski definition) is 1. The number of nitrogens with two attached hydrogens (primary N) is 1. The van der Waals surface area contributed by atoms with Crippen LogP contribution in [0, 0.1) is 5.82 Å². The molecule has 0 saturated carbocycles. The first-order valence-corrected chi connectivity index (χ1v) is 7.97. The van der Waals surface area contributed by atoms with E-state index in [0.29, 0.717) is 23.7 Å². The Morgan fingerprint density at radius 3 is 2.57 bits per heavy atom. The minimum absolute atomic E-state index is 0.121. The number of halogens is 1. The van der Waals surface area contributed by atoms with Crippen LogP contribution in [0.2, 0.25) is 0 Å². The molecular formula is C16H24FN3S. The van der Waals surface area contributed by atoms with Gasteiger partial charge in [-0.25, -0.2) is 4.39 Å². The Morgan fingerprint density at radius 1 is 1.33 bits per heavy atom. The topological polar surface area (TPSA) is 32.5 Å². The largest absolute Gasteiger partial charge is 0.389 e. The molecule has 0 bridgehead atoms. The van der Waals surface area contributed by atoms with Crippen molar-refractivity contribution >= 4 is 17.2 Å². The molecule has 5 heteroatoms. The standard InChI is InChI=1S/C16H24FN3S/c1-3-12(2)20-9-7-19(8-10-20)11-13-5-4-6-14(15(13)17)16(18)21/h4-6,12H,3,7-11H2,1-2H3,(H2,18,21). The number of hydrogen-bond acceptors (Lipinski definition) is 3. The lowest BCUT2D eigenvalue weighted by molar-refractivity contribution is 0.0956. The van der Waals surface area contributed by atoms with Gasteiger partial charge in [0.2, 0.25) is 0 Å². The smallest absolute Gasteiger partial charge is 0.137 e. The Bertz CT molecular complexity index is 498. The maximum absolute atomic E-state index is 14.3. The molecule has 1 unspecified atom stereocenters. The van der Waals surface area contributed by atoms with Crippen molar-refractivity contribution in [2.45, 2.75) is 32.9 Å². The van der Waals surface area contributed by atoms with Gasteiger partial charge >= 0.3 is 0 Å². The first-order chi connectivity index (χ1) is 10.0. The van der Waals surface area contributed by atoms with Crippen molar-refractivity contribution in [2.24, 2.45) is 5.73 Å². The van der Waals surface area contributed by atoms with Crippen LogP contribution in [0.4, 0.5) is 4.39 Å². The number of piperazine rings is 1. The van der Waals surface area contributed by atoms with E-state index in [1.165, 1.54) is 6.42 Å². The fraction of sp³-hybridized carbons (Fsp3) is 0.562. The Hall–Kier alpha value is -1.04. The predicted octanol–water partition coefficient (Wildman–Crippen LogP) is 2.38. The molecule has 1 atom stereocenters. The van der Waals surface area contributed by atoms with E-state index in [2.05, 4.69) is 23.6 Å². The monoisotopic (exact) mass is 309 g/mol. The Morgan fingerprint density at radius 2 is 2.00 bits per heavy atom. The fourth-order valence-electron chi connectivity index (χ4n) is 2.75. The minimum Gasteiger partial charge on any atom is -0.389 e. The molecule has 1 fully saturated rings. The van der Waals surface area contributed by atoms with E-state index in [9.17, 15) is 4.39 Å². The van der Waals surface area contributed by atoms with E-state index >= 15 is 0 Å². The van der Waals surface area contributed by atoms with Gasteiger partial charge in [0.1, 0.15) is 10.8 Å². The molecule has 1 aromatic carbocycles. The zero-order valence-corrected chi connectivity index (χ0v) is 13.6. The average Bonchev–Trinajstić information content (AvgIpc) is 2.49. The van der Waals surface area contributed by atoms with Crippen LogP contribution in [0.1, 0.15) is 31.4 Å². The highest BCUT2D eigenvalue weighted by atomic mass is 32.1. The second-order valence-corrected chi connectivity index (χ2v) is 6.15. The summed E-state index contributed by atoms with van der Waals surface area (Å²) < 4.78 is 14.3. The SMILES string of the molecule is CCC(C)N1CCN(Cc2cccc(C(N)=S)c2F)CC1. The highest BCUT2D eigenvalue weighted by Gasteiger charge is 2.21. The fourth-order valence-corrected chi connectivity index (χ4v) is 2.91. The van der Waals surface area contributed by atoms with Crippen molar-refractivity contribution < 1.29 is 4.39 Å². The molecule has 116 valence electrons. The molecule has 0 spiro atoms. The lowest BCUT2D eigenvalue weighted by Crippen LogP contribution is -2.49. The third kappa shape index (κ3) is 3.99. The quantitative estimate of drug-likeness (QED) is 0.847. The van der Waals surface area contributed by atoms with Crippen molar-refractivity contribution in [1.29, 1.82) is 0 Å². The van der Waals surface area contributed by atoms with E-state index in [1.54, 1.807) is 6.07 Å². The summed E-state index contributed by atoms with van der Waals surface area (Å²) in [4.78, 5) is 4.91. The van der Waals surface area contributed by atoms with Gasteiger partial charge in [-0.15, -0.1) is 0 Å². The van der Waals surface area contributed by atoms with Crippen LogP contribution in [-0.4, -0.2) is 47.0 Å². The summed E-state index contributed by atoms with van der Waals surface area (Å²) in [5, 5.41) is 0. The number of thiocarbonyl (C=S) groups is 1. The molecule has 21 heavy (non-hydrogen) atoms. The third-order valence-electron chi connectivity index (χ3n) is 4.36. The lowest BCUT2D eigenvalue weighted by Gasteiger charge is -2.37. The van der Waals surface area contributed by atoms with Crippen LogP contribution < -0.4 is 5.73 Å². The summed E-state index contributed by atoms with van der Waals surface area (Å²) in [5.74, 6) is -0.269. The maximum atomic E-state index is 14.3. The minimum atomic E-state index is -0.269. The Labute approximate surface area is 131 Å². The molecule has 0 radical (unpaired) electrons. The van der Waals surface area contributed by atoms with Gasteiger partial charge in [-0.3, -0.25) is 9.80 Å². The molecule has 1 aromatic rings. The van der Waals surface area contributed by atoms with E-state index in [4.69, 9.17) is 18.0 Å². The average molecular weight is 309 g/mol. The molecule has 2 N–H and O–H groups in total. The van der Waals surface area contributed by atoms with Crippen LogP contribution in [-0.2, 0) is 6.54 Å². The summed E-state index contributed by atoms with van der Waals surface area (Å²) in [6.45, 7) is 9.14. The van der Waals surface area contributed by atoms with Gasteiger partial charge in [0.25, 0.3) is 0 Å². The van der Waals surface area contributed by atoms with E-state index < -0.39 is 0 Å². The van der Waals surface area contributed by atoms with Crippen molar-refractivity contribution in [3.05, 3.63) is 35.1 Å². The van der Waals surface area contributed by atoms with Crippen LogP contribution >= 0.6 is 12.2 Å². The molecule has 0 aromatic heterocycles. The van der Waals surface area contributed by atoms with Crippen LogP contribution in [0.5, 0.6) is 0 Å². The van der Waals surface area contributed by atoms with Gasteiger partial charge < -0.3 is 5.73 Å². The molecule has 3 nitrogen and oxygen atoms in total. The molecule has 1 saturated heterocycles. The summed E-state index contributed by atoms with van der Waals surface area (Å²) >= 11 is 4.89.